The quantitative estimate of drug-likeness (QED) is 0.432. The van der Waals surface area contributed by atoms with Gasteiger partial charge in [0.05, 0.1) is 11.3 Å². The Labute approximate surface area is 183 Å². The zero-order valence-corrected chi connectivity index (χ0v) is 17.7. The molecule has 2 aromatic carbocycles. The van der Waals surface area contributed by atoms with Crippen LogP contribution in [0.3, 0.4) is 0 Å². The normalized spacial score (nSPS) is 11.3. The van der Waals surface area contributed by atoms with Crippen LogP contribution in [-0.2, 0) is 21.2 Å². The molecule has 10 heteroatoms. The number of sulfonamides is 1. The van der Waals surface area contributed by atoms with Crippen molar-refractivity contribution in [1.29, 1.82) is 0 Å². The molecule has 162 valence electrons. The lowest BCUT2D eigenvalue weighted by molar-refractivity contribution is -0.115. The first kappa shape index (κ1) is 21.2. The van der Waals surface area contributed by atoms with Gasteiger partial charge in [0.1, 0.15) is 5.58 Å². The van der Waals surface area contributed by atoms with Crippen molar-refractivity contribution in [3.8, 4) is 0 Å². The summed E-state index contributed by atoms with van der Waals surface area (Å²) in [5.41, 5.74) is 1.78. The molecule has 1 amide bonds. The number of aryl methyl sites for hydroxylation is 1. The minimum Gasteiger partial charge on any atom is -0.423 e. The van der Waals surface area contributed by atoms with Crippen LogP contribution in [0.5, 0.6) is 0 Å². The van der Waals surface area contributed by atoms with E-state index in [0.29, 0.717) is 22.2 Å². The molecule has 32 heavy (non-hydrogen) atoms. The van der Waals surface area contributed by atoms with Crippen molar-refractivity contribution < 1.29 is 17.6 Å². The van der Waals surface area contributed by atoms with Crippen molar-refractivity contribution in [1.82, 2.24) is 9.97 Å². The Morgan fingerprint density at radius 3 is 2.47 bits per heavy atom. The van der Waals surface area contributed by atoms with Crippen LogP contribution >= 0.6 is 0 Å². The molecule has 0 bridgehead atoms. The number of hydrogen-bond donors (Lipinski definition) is 2. The molecule has 0 saturated carbocycles. The first-order valence-electron chi connectivity index (χ1n) is 9.53. The summed E-state index contributed by atoms with van der Waals surface area (Å²) in [6, 6.07) is 13.9. The molecular weight excluding hydrogens is 432 g/mol. The summed E-state index contributed by atoms with van der Waals surface area (Å²) in [6.07, 6.45) is 2.80. The van der Waals surface area contributed by atoms with Crippen molar-refractivity contribution in [2.75, 3.05) is 10.0 Å². The number of rotatable bonds is 6. The number of nitrogens with one attached hydrogen (secondary N) is 2. The van der Waals surface area contributed by atoms with Crippen molar-refractivity contribution in [3.63, 3.8) is 0 Å². The van der Waals surface area contributed by atoms with Gasteiger partial charge in [0, 0.05) is 29.5 Å². The van der Waals surface area contributed by atoms with E-state index in [1.807, 2.05) is 13.0 Å². The summed E-state index contributed by atoms with van der Waals surface area (Å²) in [6.45, 7) is 1.88. The zero-order chi connectivity index (χ0) is 22.7. The number of benzene rings is 2. The lowest BCUT2D eigenvalue weighted by Gasteiger charge is -2.09. The number of nitrogens with zero attached hydrogens (tertiary/aromatic N) is 2. The highest BCUT2D eigenvalue weighted by molar-refractivity contribution is 7.92. The van der Waals surface area contributed by atoms with Crippen LogP contribution in [-0.4, -0.2) is 24.3 Å². The molecule has 0 unspecified atom stereocenters. The highest BCUT2D eigenvalue weighted by atomic mass is 32.2. The van der Waals surface area contributed by atoms with Crippen LogP contribution < -0.4 is 15.7 Å². The van der Waals surface area contributed by atoms with Crippen molar-refractivity contribution >= 4 is 38.5 Å². The van der Waals surface area contributed by atoms with E-state index in [4.69, 9.17) is 4.42 Å². The van der Waals surface area contributed by atoms with Crippen LogP contribution in [0, 0.1) is 6.92 Å². The molecule has 2 N–H and O–H groups in total. The Morgan fingerprint density at radius 1 is 1.03 bits per heavy atom. The third-order valence-electron chi connectivity index (χ3n) is 4.58. The lowest BCUT2D eigenvalue weighted by Crippen LogP contribution is -2.17. The molecule has 0 saturated heterocycles. The van der Waals surface area contributed by atoms with Crippen molar-refractivity contribution in [3.05, 3.63) is 88.5 Å². The molecule has 0 fully saturated rings. The number of carbonyl (C=O) groups excluding carboxylic acids is 1. The molecule has 0 atom stereocenters. The number of anilines is 2. The van der Waals surface area contributed by atoms with Gasteiger partial charge in [0.15, 0.2) is 0 Å². The fourth-order valence-corrected chi connectivity index (χ4v) is 4.07. The third-order valence-corrected chi connectivity index (χ3v) is 5.92. The average Bonchev–Trinajstić information content (AvgIpc) is 2.74. The predicted molar refractivity (Wildman–Crippen MR) is 119 cm³/mol. The zero-order valence-electron chi connectivity index (χ0n) is 16.9. The Morgan fingerprint density at radius 2 is 1.75 bits per heavy atom. The Hall–Kier alpha value is -4.05. The monoisotopic (exact) mass is 450 g/mol. The maximum Gasteiger partial charge on any atom is 0.336 e. The Bertz CT molecular complexity index is 1450. The van der Waals surface area contributed by atoms with Crippen LogP contribution in [0.2, 0.25) is 0 Å². The largest absolute Gasteiger partial charge is 0.423 e. The van der Waals surface area contributed by atoms with E-state index in [0.717, 1.165) is 5.56 Å². The summed E-state index contributed by atoms with van der Waals surface area (Å²) >= 11 is 0. The van der Waals surface area contributed by atoms with Crippen LogP contribution in [0.25, 0.3) is 11.0 Å². The molecule has 0 radical (unpaired) electrons. The lowest BCUT2D eigenvalue weighted by atomic mass is 10.1. The first-order valence-corrected chi connectivity index (χ1v) is 11.0. The van der Waals surface area contributed by atoms with Crippen LogP contribution in [0.4, 0.5) is 11.6 Å². The van der Waals surface area contributed by atoms with Gasteiger partial charge in [-0.1, -0.05) is 12.1 Å². The minimum absolute atomic E-state index is 0.00927. The van der Waals surface area contributed by atoms with E-state index in [-0.39, 0.29) is 23.2 Å². The van der Waals surface area contributed by atoms with Gasteiger partial charge in [0.2, 0.25) is 11.9 Å². The standard InChI is InChI=1S/C22H18N4O5S/c1-14-3-8-18-15(13-21(28)31-19(18)11-14)12-20(27)25-16-4-6-17(7-5-16)32(29,30)26-22-23-9-2-10-24-22/h2-11,13H,12H2,1H3,(H,25,27)(H,23,24,26). The summed E-state index contributed by atoms with van der Waals surface area (Å²) < 4.78 is 32.4. The predicted octanol–water partition coefficient (Wildman–Crippen LogP) is 2.87. The minimum atomic E-state index is -3.87. The number of aromatic nitrogens is 2. The molecule has 4 rings (SSSR count). The summed E-state index contributed by atoms with van der Waals surface area (Å²) in [5, 5.41) is 3.38. The van der Waals surface area contributed by atoms with Crippen LogP contribution in [0.15, 0.2) is 81.1 Å². The fraction of sp³-hybridized carbons (Fsp3) is 0.0909. The maximum atomic E-state index is 12.5. The molecule has 2 aromatic heterocycles. The summed E-state index contributed by atoms with van der Waals surface area (Å²) in [7, 11) is -3.87. The Balaban J connectivity index is 1.48. The number of amides is 1. The molecule has 0 aliphatic carbocycles. The third kappa shape index (κ3) is 4.81. The highest BCUT2D eigenvalue weighted by Gasteiger charge is 2.16. The molecular formula is C22H18N4O5S. The van der Waals surface area contributed by atoms with Crippen molar-refractivity contribution in [2.45, 2.75) is 18.2 Å². The van der Waals surface area contributed by atoms with E-state index in [9.17, 15) is 18.0 Å². The molecule has 9 nitrogen and oxygen atoms in total. The average molecular weight is 450 g/mol. The maximum absolute atomic E-state index is 12.5. The van der Waals surface area contributed by atoms with E-state index in [1.165, 1.54) is 42.7 Å². The van der Waals surface area contributed by atoms with Crippen molar-refractivity contribution in [2.24, 2.45) is 0 Å². The van der Waals surface area contributed by atoms with E-state index >= 15 is 0 Å². The second-order valence-corrected chi connectivity index (χ2v) is 8.70. The SMILES string of the molecule is Cc1ccc2c(CC(=O)Nc3ccc(S(=O)(=O)Nc4ncccn4)cc3)cc(=O)oc2c1. The van der Waals surface area contributed by atoms with Gasteiger partial charge in [0.25, 0.3) is 10.0 Å². The Kier molecular flexibility index (Phi) is 5.69. The van der Waals surface area contributed by atoms with Gasteiger partial charge in [-0.2, -0.15) is 0 Å². The second-order valence-electron chi connectivity index (χ2n) is 7.02. The van der Waals surface area contributed by atoms with Gasteiger partial charge in [-0.05, 0) is 54.4 Å². The molecule has 0 aliphatic rings. The topological polar surface area (TPSA) is 131 Å². The summed E-state index contributed by atoms with van der Waals surface area (Å²) in [5.74, 6) is -0.400. The van der Waals surface area contributed by atoms with Gasteiger partial charge in [-0.25, -0.2) is 27.9 Å². The second kappa shape index (κ2) is 8.60. The van der Waals surface area contributed by atoms with E-state index in [2.05, 4.69) is 20.0 Å². The number of carbonyl (C=O) groups is 1. The van der Waals surface area contributed by atoms with Gasteiger partial charge in [-0.15, -0.1) is 0 Å². The van der Waals surface area contributed by atoms with E-state index in [1.54, 1.807) is 18.2 Å². The smallest absolute Gasteiger partial charge is 0.336 e. The molecule has 0 aliphatic heterocycles. The molecule has 4 aromatic rings. The molecule has 0 spiro atoms. The first-order chi connectivity index (χ1) is 15.3. The van der Waals surface area contributed by atoms with Gasteiger partial charge in [-0.3, -0.25) is 4.79 Å². The van der Waals surface area contributed by atoms with Crippen LogP contribution in [0.1, 0.15) is 11.1 Å². The number of hydrogen-bond acceptors (Lipinski definition) is 7. The van der Waals surface area contributed by atoms with Gasteiger partial charge >= 0.3 is 5.63 Å². The fourth-order valence-electron chi connectivity index (χ4n) is 3.11. The summed E-state index contributed by atoms with van der Waals surface area (Å²) in [4.78, 5) is 32.0. The van der Waals surface area contributed by atoms with E-state index < -0.39 is 15.6 Å². The van der Waals surface area contributed by atoms with Gasteiger partial charge < -0.3 is 9.73 Å². The number of fused-ring (bicyclic) bond motifs is 1. The highest BCUT2D eigenvalue weighted by Crippen LogP contribution is 2.20. The molecule has 2 heterocycles.